The second-order valence-electron chi connectivity index (χ2n) is 5.61. The van der Waals surface area contributed by atoms with Gasteiger partial charge in [-0.1, -0.05) is 20.8 Å². The molecule has 0 aromatic heterocycles. The quantitative estimate of drug-likeness (QED) is 0.718. The van der Waals surface area contributed by atoms with Crippen LogP contribution in [0.3, 0.4) is 0 Å². The lowest BCUT2D eigenvalue weighted by Crippen LogP contribution is -2.27. The van der Waals surface area contributed by atoms with E-state index < -0.39 is 5.41 Å². The van der Waals surface area contributed by atoms with Crippen LogP contribution >= 0.6 is 0 Å². The summed E-state index contributed by atoms with van der Waals surface area (Å²) in [5, 5.41) is 14.1. The molecule has 0 aliphatic rings. The van der Waals surface area contributed by atoms with Crippen LogP contribution in [0.5, 0.6) is 0 Å². The van der Waals surface area contributed by atoms with Crippen LogP contribution in [0.2, 0.25) is 0 Å². The lowest BCUT2D eigenvalue weighted by molar-refractivity contribution is -0.123. The average molecular weight is 278 g/mol. The van der Waals surface area contributed by atoms with Gasteiger partial charge in [0.25, 0.3) is 5.91 Å². The molecule has 0 radical (unpaired) electrons. The van der Waals surface area contributed by atoms with Gasteiger partial charge < -0.3 is 15.7 Å². The molecule has 110 valence electrons. The predicted molar refractivity (Wildman–Crippen MR) is 78.6 cm³/mol. The van der Waals surface area contributed by atoms with Gasteiger partial charge in [-0.25, -0.2) is 0 Å². The van der Waals surface area contributed by atoms with Crippen molar-refractivity contribution in [2.24, 2.45) is 5.41 Å². The fourth-order valence-corrected chi connectivity index (χ4v) is 1.41. The number of nitrogens with one attached hydrogen (secondary N) is 2. The molecule has 0 aliphatic carbocycles. The largest absolute Gasteiger partial charge is 0.396 e. The third-order valence-corrected chi connectivity index (χ3v) is 2.71. The maximum atomic E-state index is 11.8. The van der Waals surface area contributed by atoms with Crippen molar-refractivity contribution in [3.05, 3.63) is 29.8 Å². The zero-order valence-electron chi connectivity index (χ0n) is 12.2. The molecule has 5 heteroatoms. The van der Waals surface area contributed by atoms with Crippen LogP contribution in [0.4, 0.5) is 5.69 Å². The molecule has 0 saturated heterocycles. The van der Waals surface area contributed by atoms with Crippen molar-refractivity contribution >= 4 is 17.5 Å². The van der Waals surface area contributed by atoms with Gasteiger partial charge in [-0.2, -0.15) is 0 Å². The highest BCUT2D eigenvalue weighted by Gasteiger charge is 2.21. The number of hydrogen-bond acceptors (Lipinski definition) is 3. The Labute approximate surface area is 119 Å². The Kier molecular flexibility index (Phi) is 5.70. The van der Waals surface area contributed by atoms with E-state index in [4.69, 9.17) is 5.11 Å². The van der Waals surface area contributed by atoms with E-state index in [-0.39, 0.29) is 18.4 Å². The van der Waals surface area contributed by atoms with E-state index in [0.717, 1.165) is 0 Å². The van der Waals surface area contributed by atoms with E-state index in [1.165, 1.54) is 0 Å². The van der Waals surface area contributed by atoms with Crippen molar-refractivity contribution in [1.29, 1.82) is 0 Å². The van der Waals surface area contributed by atoms with Gasteiger partial charge in [0.2, 0.25) is 5.91 Å². The average Bonchev–Trinajstić information content (AvgIpc) is 2.38. The predicted octanol–water partition coefficient (Wildman–Crippen LogP) is 1.78. The van der Waals surface area contributed by atoms with Crippen LogP contribution in [0.1, 0.15) is 37.6 Å². The van der Waals surface area contributed by atoms with Crippen molar-refractivity contribution < 1.29 is 14.7 Å². The summed E-state index contributed by atoms with van der Waals surface area (Å²) in [6.07, 6.45) is 0.533. The number of carbonyl (C=O) groups is 2. The molecule has 0 saturated carbocycles. The van der Waals surface area contributed by atoms with E-state index in [1.54, 1.807) is 24.3 Å². The number of carbonyl (C=O) groups excluding carboxylic acids is 2. The first-order valence-electron chi connectivity index (χ1n) is 6.65. The van der Waals surface area contributed by atoms with Crippen LogP contribution in [-0.2, 0) is 4.79 Å². The Hall–Kier alpha value is -1.88. The monoisotopic (exact) mass is 278 g/mol. The standard InChI is InChI=1S/C15H22N2O3/c1-15(2,3)14(20)17-12-7-5-11(6-8-12)13(19)16-9-4-10-18/h5-8,18H,4,9-10H2,1-3H3,(H,16,19)(H,17,20). The van der Waals surface area contributed by atoms with Gasteiger partial charge in [0.1, 0.15) is 0 Å². The molecule has 0 spiro atoms. The summed E-state index contributed by atoms with van der Waals surface area (Å²) in [6.45, 7) is 6.01. The Morgan fingerprint density at radius 3 is 2.25 bits per heavy atom. The Balaban J connectivity index is 2.60. The summed E-state index contributed by atoms with van der Waals surface area (Å²) >= 11 is 0. The topological polar surface area (TPSA) is 78.4 Å². The minimum Gasteiger partial charge on any atom is -0.396 e. The fraction of sp³-hybridized carbons (Fsp3) is 0.467. The summed E-state index contributed by atoms with van der Waals surface area (Å²) in [4.78, 5) is 23.5. The number of rotatable bonds is 5. The maximum Gasteiger partial charge on any atom is 0.251 e. The van der Waals surface area contributed by atoms with Crippen LogP contribution in [0.25, 0.3) is 0 Å². The van der Waals surface area contributed by atoms with E-state index in [2.05, 4.69) is 10.6 Å². The normalized spacial score (nSPS) is 11.0. The molecule has 0 unspecified atom stereocenters. The van der Waals surface area contributed by atoms with Crippen molar-refractivity contribution in [1.82, 2.24) is 5.32 Å². The Bertz CT molecular complexity index is 461. The second kappa shape index (κ2) is 7.05. The molecule has 3 N–H and O–H groups in total. The first-order chi connectivity index (χ1) is 9.34. The van der Waals surface area contributed by atoms with Gasteiger partial charge >= 0.3 is 0 Å². The number of hydrogen-bond donors (Lipinski definition) is 3. The van der Waals surface area contributed by atoms with E-state index in [9.17, 15) is 9.59 Å². The maximum absolute atomic E-state index is 11.8. The number of aliphatic hydroxyl groups excluding tert-OH is 1. The van der Waals surface area contributed by atoms with Crippen molar-refractivity contribution in [3.8, 4) is 0 Å². The molecule has 0 fully saturated rings. The SMILES string of the molecule is CC(C)(C)C(=O)Nc1ccc(C(=O)NCCCO)cc1. The second-order valence-corrected chi connectivity index (χ2v) is 5.61. The van der Waals surface area contributed by atoms with Crippen molar-refractivity contribution in [2.45, 2.75) is 27.2 Å². The number of amides is 2. The van der Waals surface area contributed by atoms with Crippen molar-refractivity contribution in [3.63, 3.8) is 0 Å². The highest BCUT2D eigenvalue weighted by molar-refractivity contribution is 5.97. The van der Waals surface area contributed by atoms with Crippen molar-refractivity contribution in [2.75, 3.05) is 18.5 Å². The first-order valence-corrected chi connectivity index (χ1v) is 6.65. The zero-order valence-corrected chi connectivity index (χ0v) is 12.2. The molecular formula is C15H22N2O3. The molecule has 1 aromatic carbocycles. The van der Waals surface area contributed by atoms with E-state index in [0.29, 0.717) is 24.2 Å². The van der Waals surface area contributed by atoms with Crippen LogP contribution in [0.15, 0.2) is 24.3 Å². The van der Waals surface area contributed by atoms with Gasteiger partial charge in [0, 0.05) is 29.8 Å². The molecule has 20 heavy (non-hydrogen) atoms. The first kappa shape index (κ1) is 16.2. The van der Waals surface area contributed by atoms with Gasteiger partial charge in [-0.3, -0.25) is 9.59 Å². The van der Waals surface area contributed by atoms with Crippen LogP contribution in [0, 0.1) is 5.41 Å². The highest BCUT2D eigenvalue weighted by atomic mass is 16.3. The number of anilines is 1. The smallest absolute Gasteiger partial charge is 0.251 e. The molecule has 1 aromatic rings. The molecule has 1 rings (SSSR count). The van der Waals surface area contributed by atoms with E-state index >= 15 is 0 Å². The molecule has 2 amide bonds. The lowest BCUT2D eigenvalue weighted by Gasteiger charge is -2.17. The van der Waals surface area contributed by atoms with E-state index in [1.807, 2.05) is 20.8 Å². The molecule has 0 bridgehead atoms. The van der Waals surface area contributed by atoms with Gasteiger partial charge in [-0.15, -0.1) is 0 Å². The molecular weight excluding hydrogens is 256 g/mol. The third-order valence-electron chi connectivity index (χ3n) is 2.71. The number of benzene rings is 1. The Morgan fingerprint density at radius 1 is 1.15 bits per heavy atom. The van der Waals surface area contributed by atoms with Gasteiger partial charge in [0.15, 0.2) is 0 Å². The summed E-state index contributed by atoms with van der Waals surface area (Å²) in [5.41, 5.74) is 0.730. The molecule has 0 heterocycles. The van der Waals surface area contributed by atoms with Gasteiger partial charge in [-0.05, 0) is 30.7 Å². The fourth-order valence-electron chi connectivity index (χ4n) is 1.41. The van der Waals surface area contributed by atoms with Gasteiger partial charge in [0.05, 0.1) is 0 Å². The Morgan fingerprint density at radius 2 is 1.75 bits per heavy atom. The third kappa shape index (κ3) is 5.01. The number of aliphatic hydroxyl groups is 1. The minimum atomic E-state index is -0.458. The minimum absolute atomic E-state index is 0.0536. The van der Waals surface area contributed by atoms with Crippen LogP contribution < -0.4 is 10.6 Å². The zero-order chi connectivity index (χ0) is 15.2. The lowest BCUT2D eigenvalue weighted by atomic mass is 9.95. The summed E-state index contributed by atoms with van der Waals surface area (Å²) < 4.78 is 0. The summed E-state index contributed by atoms with van der Waals surface area (Å²) in [5.74, 6) is -0.259. The highest BCUT2D eigenvalue weighted by Crippen LogP contribution is 2.17. The molecule has 0 aliphatic heterocycles. The van der Waals surface area contributed by atoms with Crippen LogP contribution in [-0.4, -0.2) is 30.1 Å². The molecule has 5 nitrogen and oxygen atoms in total. The summed E-state index contributed by atoms with van der Waals surface area (Å²) in [6, 6.07) is 6.72. The summed E-state index contributed by atoms with van der Waals surface area (Å²) in [7, 11) is 0. The molecule has 0 atom stereocenters.